The third-order valence-electron chi connectivity index (χ3n) is 2.97. The summed E-state index contributed by atoms with van der Waals surface area (Å²) in [6.45, 7) is -0.531. The fourth-order valence-corrected chi connectivity index (χ4v) is 2.32. The highest BCUT2D eigenvalue weighted by atomic mass is 35.5. The molecule has 0 saturated carbocycles. The van der Waals surface area contributed by atoms with E-state index in [-0.39, 0.29) is 13.2 Å². The van der Waals surface area contributed by atoms with E-state index in [0.717, 1.165) is 5.56 Å². The molecule has 2 amide bonds. The van der Waals surface area contributed by atoms with Crippen LogP contribution in [0.15, 0.2) is 47.6 Å². The number of hydrazone groups is 1. The van der Waals surface area contributed by atoms with Crippen molar-refractivity contribution in [2.45, 2.75) is 0 Å². The van der Waals surface area contributed by atoms with Gasteiger partial charge >= 0.3 is 0 Å². The molecule has 9 heteroatoms. The average Bonchev–Trinajstić information content (AvgIpc) is 2.61. The molecule has 0 spiro atoms. The van der Waals surface area contributed by atoms with Crippen LogP contribution in [0.4, 0.5) is 0 Å². The predicted octanol–water partition coefficient (Wildman–Crippen LogP) is 3.29. The van der Waals surface area contributed by atoms with Gasteiger partial charge in [-0.15, -0.1) is 0 Å². The minimum atomic E-state index is -0.479. The van der Waals surface area contributed by atoms with Crippen LogP contribution in [0, 0.1) is 0 Å². The quantitative estimate of drug-likeness (QED) is 0.539. The van der Waals surface area contributed by atoms with Gasteiger partial charge in [0.1, 0.15) is 5.75 Å². The number of nitrogens with one attached hydrogen (secondary N) is 2. The van der Waals surface area contributed by atoms with Crippen LogP contribution in [0.2, 0.25) is 15.1 Å². The second-order valence-electron chi connectivity index (χ2n) is 4.98. The van der Waals surface area contributed by atoms with Crippen molar-refractivity contribution in [2.24, 2.45) is 5.10 Å². The van der Waals surface area contributed by atoms with E-state index in [1.807, 2.05) is 0 Å². The number of amides is 2. The molecule has 136 valence electrons. The van der Waals surface area contributed by atoms with Gasteiger partial charge in [-0.2, -0.15) is 5.10 Å². The molecule has 2 rings (SSSR count). The van der Waals surface area contributed by atoms with Gasteiger partial charge < -0.3 is 10.1 Å². The van der Waals surface area contributed by atoms with Gasteiger partial charge in [0.05, 0.1) is 17.8 Å². The van der Waals surface area contributed by atoms with Gasteiger partial charge in [-0.25, -0.2) is 5.43 Å². The molecule has 0 aliphatic rings. The van der Waals surface area contributed by atoms with E-state index in [1.165, 1.54) is 12.3 Å². The van der Waals surface area contributed by atoms with Crippen molar-refractivity contribution >= 4 is 52.8 Å². The molecule has 0 atom stereocenters. The summed E-state index contributed by atoms with van der Waals surface area (Å²) in [6, 6.07) is 11.6. The van der Waals surface area contributed by atoms with Gasteiger partial charge in [-0.1, -0.05) is 46.9 Å². The first kappa shape index (κ1) is 20.0. The lowest BCUT2D eigenvalue weighted by Crippen LogP contribution is -2.37. The lowest BCUT2D eigenvalue weighted by Gasteiger charge is -2.08. The van der Waals surface area contributed by atoms with Crippen LogP contribution >= 0.6 is 34.8 Å². The monoisotopic (exact) mass is 413 g/mol. The fourth-order valence-electron chi connectivity index (χ4n) is 1.73. The third-order valence-corrected chi connectivity index (χ3v) is 3.75. The van der Waals surface area contributed by atoms with E-state index < -0.39 is 11.8 Å². The molecule has 0 aliphatic heterocycles. The number of nitrogens with zero attached hydrogens (tertiary/aromatic N) is 1. The molecular weight excluding hydrogens is 401 g/mol. The van der Waals surface area contributed by atoms with Crippen LogP contribution in [-0.2, 0) is 9.59 Å². The van der Waals surface area contributed by atoms with Crippen LogP contribution < -0.4 is 15.5 Å². The zero-order valence-corrected chi connectivity index (χ0v) is 15.6. The molecule has 2 aromatic carbocycles. The Morgan fingerprint density at radius 1 is 1.00 bits per heavy atom. The molecule has 0 aliphatic carbocycles. The maximum atomic E-state index is 11.7. The molecule has 2 aromatic rings. The van der Waals surface area contributed by atoms with E-state index >= 15 is 0 Å². The number of carbonyl (C=O) groups is 2. The first-order chi connectivity index (χ1) is 12.4. The third kappa shape index (κ3) is 6.92. The van der Waals surface area contributed by atoms with Crippen molar-refractivity contribution in [1.82, 2.24) is 10.7 Å². The van der Waals surface area contributed by atoms with Crippen molar-refractivity contribution in [1.29, 1.82) is 0 Å². The first-order valence-electron chi connectivity index (χ1n) is 7.36. The molecule has 0 fully saturated rings. The number of carbonyl (C=O) groups excluding carboxylic acids is 2. The Kier molecular flexibility index (Phi) is 7.72. The molecule has 6 nitrogen and oxygen atoms in total. The number of hydrogen-bond acceptors (Lipinski definition) is 4. The second kappa shape index (κ2) is 10.0. The number of ether oxygens (including phenoxy) is 1. The molecule has 26 heavy (non-hydrogen) atoms. The summed E-state index contributed by atoms with van der Waals surface area (Å²) in [4.78, 5) is 23.3. The summed E-state index contributed by atoms with van der Waals surface area (Å²) in [5, 5.41) is 7.55. The smallest absolute Gasteiger partial charge is 0.259 e. The minimum absolute atomic E-state index is 0.242. The Hall–Kier alpha value is -2.28. The zero-order valence-electron chi connectivity index (χ0n) is 13.3. The molecule has 2 N–H and O–H groups in total. The maximum absolute atomic E-state index is 11.7. The molecule has 0 aromatic heterocycles. The van der Waals surface area contributed by atoms with E-state index in [2.05, 4.69) is 15.8 Å². The normalized spacial score (nSPS) is 10.6. The minimum Gasteiger partial charge on any atom is -0.482 e. The summed E-state index contributed by atoms with van der Waals surface area (Å²) in [5.74, 6) is -0.635. The van der Waals surface area contributed by atoms with Crippen molar-refractivity contribution in [3.63, 3.8) is 0 Å². The second-order valence-corrected chi connectivity index (χ2v) is 6.26. The van der Waals surface area contributed by atoms with Crippen molar-refractivity contribution in [2.75, 3.05) is 13.2 Å². The largest absolute Gasteiger partial charge is 0.482 e. The molecule has 0 saturated heterocycles. The Morgan fingerprint density at radius 2 is 1.69 bits per heavy atom. The standard InChI is InChI=1S/C17H14Cl3N3O3/c18-12-3-1-11(2-4-12)8-22-23-16(24)9-21-17(25)10-26-15-6-5-13(19)7-14(15)20/h1-8H,9-10H2,(H,21,25)(H,23,24). The van der Waals surface area contributed by atoms with Crippen LogP contribution in [-0.4, -0.2) is 31.2 Å². The SMILES string of the molecule is O=C(COc1ccc(Cl)cc1Cl)NCC(=O)NN=Cc1ccc(Cl)cc1. The van der Waals surface area contributed by atoms with Crippen molar-refractivity contribution in [3.05, 3.63) is 63.1 Å². The van der Waals surface area contributed by atoms with Crippen LogP contribution in [0.3, 0.4) is 0 Å². The Bertz CT molecular complexity index is 811. The zero-order chi connectivity index (χ0) is 18.9. The fraction of sp³-hybridized carbons (Fsp3) is 0.118. The molecule has 0 radical (unpaired) electrons. The van der Waals surface area contributed by atoms with Gasteiger partial charge in [-0.05, 0) is 35.9 Å². The number of benzene rings is 2. The summed E-state index contributed by atoms with van der Waals surface area (Å²) in [5.41, 5.74) is 3.07. The number of rotatable bonds is 7. The van der Waals surface area contributed by atoms with Crippen LogP contribution in [0.1, 0.15) is 5.56 Å². The lowest BCUT2D eigenvalue weighted by molar-refractivity contribution is -0.127. The lowest BCUT2D eigenvalue weighted by atomic mass is 10.2. The van der Waals surface area contributed by atoms with E-state index in [0.29, 0.717) is 20.8 Å². The Balaban J connectivity index is 1.69. The Morgan fingerprint density at radius 3 is 2.38 bits per heavy atom. The van der Waals surface area contributed by atoms with Gasteiger partial charge in [0.25, 0.3) is 11.8 Å². The van der Waals surface area contributed by atoms with Gasteiger partial charge in [0, 0.05) is 10.0 Å². The summed E-state index contributed by atoms with van der Waals surface area (Å²) in [7, 11) is 0. The van der Waals surface area contributed by atoms with Gasteiger partial charge in [0.2, 0.25) is 0 Å². The van der Waals surface area contributed by atoms with Gasteiger partial charge in [-0.3, -0.25) is 9.59 Å². The molecular formula is C17H14Cl3N3O3. The number of halogens is 3. The van der Waals surface area contributed by atoms with E-state index in [1.54, 1.807) is 36.4 Å². The highest BCUT2D eigenvalue weighted by Crippen LogP contribution is 2.27. The van der Waals surface area contributed by atoms with Gasteiger partial charge in [0.15, 0.2) is 6.61 Å². The van der Waals surface area contributed by atoms with Crippen LogP contribution in [0.25, 0.3) is 0 Å². The van der Waals surface area contributed by atoms with Crippen LogP contribution in [0.5, 0.6) is 5.75 Å². The molecule has 0 heterocycles. The average molecular weight is 415 g/mol. The van der Waals surface area contributed by atoms with Crippen molar-refractivity contribution < 1.29 is 14.3 Å². The maximum Gasteiger partial charge on any atom is 0.259 e. The molecule has 0 unspecified atom stereocenters. The number of hydrogen-bond donors (Lipinski definition) is 2. The van der Waals surface area contributed by atoms with E-state index in [9.17, 15) is 9.59 Å². The summed E-state index contributed by atoms with van der Waals surface area (Å²) in [6.07, 6.45) is 1.46. The van der Waals surface area contributed by atoms with E-state index in [4.69, 9.17) is 39.5 Å². The highest BCUT2D eigenvalue weighted by molar-refractivity contribution is 6.35. The van der Waals surface area contributed by atoms with Crippen molar-refractivity contribution in [3.8, 4) is 5.75 Å². The first-order valence-corrected chi connectivity index (χ1v) is 8.49. The highest BCUT2D eigenvalue weighted by Gasteiger charge is 2.08. The predicted molar refractivity (Wildman–Crippen MR) is 102 cm³/mol. The molecule has 0 bridgehead atoms. The topological polar surface area (TPSA) is 79.8 Å². The summed E-state index contributed by atoms with van der Waals surface area (Å²) >= 11 is 17.5. The summed E-state index contributed by atoms with van der Waals surface area (Å²) < 4.78 is 5.26. The Labute approximate surface area is 165 Å².